The molecule has 0 fully saturated rings. The fourth-order valence-corrected chi connectivity index (χ4v) is 4.39. The second-order valence-corrected chi connectivity index (χ2v) is 8.93. The average Bonchev–Trinajstić information content (AvgIpc) is 2.88. The van der Waals surface area contributed by atoms with Crippen LogP contribution in [0.1, 0.15) is 35.9 Å². The van der Waals surface area contributed by atoms with Crippen molar-refractivity contribution in [3.8, 4) is 17.6 Å². The third-order valence-electron chi connectivity index (χ3n) is 5.24. The van der Waals surface area contributed by atoms with Crippen molar-refractivity contribution in [3.05, 3.63) is 87.8 Å². The van der Waals surface area contributed by atoms with Crippen LogP contribution in [0.4, 0.5) is 5.82 Å². The van der Waals surface area contributed by atoms with Crippen LogP contribution < -0.4 is 10.5 Å². The van der Waals surface area contributed by atoms with E-state index in [9.17, 15) is 15.0 Å². The van der Waals surface area contributed by atoms with Crippen molar-refractivity contribution in [3.63, 3.8) is 0 Å². The summed E-state index contributed by atoms with van der Waals surface area (Å²) in [5.41, 5.74) is 8.03. The minimum Gasteiger partial charge on any atom is -0.457 e. The van der Waals surface area contributed by atoms with Gasteiger partial charge in [0.05, 0.1) is 23.7 Å². The summed E-state index contributed by atoms with van der Waals surface area (Å²) in [7, 11) is 0. The van der Waals surface area contributed by atoms with Crippen LogP contribution in [-0.4, -0.2) is 43.1 Å². The van der Waals surface area contributed by atoms with Crippen LogP contribution >= 0.6 is 11.4 Å². The maximum Gasteiger partial charge on any atom is 0.214 e. The number of aryl methyl sites for hydroxylation is 1. The molecule has 10 heteroatoms. The van der Waals surface area contributed by atoms with Crippen LogP contribution in [0, 0.1) is 18.3 Å². The Bertz CT molecular complexity index is 1350. The first-order chi connectivity index (χ1) is 17.4. The molecule has 1 heterocycles. The molecule has 4 N–H and O–H groups in total. The fourth-order valence-electron chi connectivity index (χ4n) is 3.33. The number of aromatic nitrogens is 2. The van der Waals surface area contributed by atoms with Crippen LogP contribution in [0.15, 0.2) is 65.3 Å². The molecule has 0 aliphatic carbocycles. The lowest BCUT2D eigenvalue weighted by Crippen LogP contribution is -2.22. The Morgan fingerprint density at radius 1 is 1.28 bits per heavy atom. The topological polar surface area (TPSA) is 146 Å². The molecule has 9 nitrogen and oxygen atoms in total. The van der Waals surface area contributed by atoms with E-state index in [-0.39, 0.29) is 30.4 Å². The molecule has 0 saturated heterocycles. The highest BCUT2D eigenvalue weighted by Gasteiger charge is 2.15. The highest BCUT2D eigenvalue weighted by atomic mass is 32.1. The Balaban J connectivity index is 1.95. The van der Waals surface area contributed by atoms with Crippen LogP contribution in [0.5, 0.6) is 11.5 Å². The number of nitrogens with zero attached hydrogens (tertiary/aromatic N) is 4. The number of thiol groups is 1. The number of nitrogen functional groups attached to an aromatic ring is 1. The molecule has 3 rings (SSSR count). The summed E-state index contributed by atoms with van der Waals surface area (Å²) >= 11 is 0.392. The first-order valence-electron chi connectivity index (χ1n) is 11.0. The first-order valence-corrected chi connectivity index (χ1v) is 11.9. The molecule has 0 aliphatic rings. The summed E-state index contributed by atoms with van der Waals surface area (Å²) in [5.74, 6) is 1.67. The van der Waals surface area contributed by atoms with Crippen molar-refractivity contribution in [2.75, 3.05) is 12.3 Å². The number of rotatable bonds is 10. The molecular weight excluding hydrogens is 478 g/mol. The van der Waals surface area contributed by atoms with Crippen molar-refractivity contribution in [2.45, 2.75) is 26.8 Å². The van der Waals surface area contributed by atoms with Crippen LogP contribution in [0.3, 0.4) is 0 Å². The van der Waals surface area contributed by atoms with Crippen LogP contribution in [-0.2, 0) is 11.3 Å². The van der Waals surface area contributed by atoms with Crippen molar-refractivity contribution in [1.82, 2.24) is 14.9 Å². The Hall–Kier alpha value is -4.04. The van der Waals surface area contributed by atoms with E-state index in [2.05, 4.69) is 16.0 Å². The molecule has 1 amide bonds. The number of anilines is 1. The SMILES string of the molecule is C/C(=C(CCO)/[SH]=C(\O)c1ccccc1Oc1cccc(C#N)c1)N(C=O)Cc1cnc(C)nc1N. The van der Waals surface area contributed by atoms with E-state index >= 15 is 0 Å². The van der Waals surface area contributed by atoms with Gasteiger partial charge >= 0.3 is 0 Å². The third kappa shape index (κ3) is 6.76. The number of carbonyl (C=O) groups is 1. The molecule has 0 bridgehead atoms. The number of aliphatic hydroxyl groups excluding tert-OH is 2. The smallest absolute Gasteiger partial charge is 0.214 e. The average molecular weight is 506 g/mol. The minimum atomic E-state index is -0.172. The Morgan fingerprint density at radius 3 is 2.75 bits per heavy atom. The number of ether oxygens (including phenoxy) is 1. The zero-order valence-electron chi connectivity index (χ0n) is 19.9. The van der Waals surface area contributed by atoms with E-state index in [1.807, 2.05) is 0 Å². The van der Waals surface area contributed by atoms with Gasteiger partial charge in [0.1, 0.15) is 28.2 Å². The van der Waals surface area contributed by atoms with Crippen molar-refractivity contribution < 1.29 is 19.7 Å². The molecule has 0 atom stereocenters. The first kappa shape index (κ1) is 26.6. The molecule has 1 aromatic heterocycles. The summed E-state index contributed by atoms with van der Waals surface area (Å²) in [5, 5.41) is 29.8. The van der Waals surface area contributed by atoms with Crippen molar-refractivity contribution in [1.29, 1.82) is 5.26 Å². The minimum absolute atomic E-state index is 0.0196. The number of benzene rings is 2. The fraction of sp³-hybridized carbons (Fsp3) is 0.192. The lowest BCUT2D eigenvalue weighted by Gasteiger charge is -2.21. The highest BCUT2D eigenvalue weighted by Crippen LogP contribution is 2.29. The summed E-state index contributed by atoms with van der Waals surface area (Å²) in [4.78, 5) is 22.3. The maximum absolute atomic E-state index is 11.9. The van der Waals surface area contributed by atoms with E-state index in [1.54, 1.807) is 68.6 Å². The van der Waals surface area contributed by atoms with Crippen molar-refractivity contribution >= 4 is 28.6 Å². The maximum atomic E-state index is 11.9. The number of aliphatic hydroxyl groups is 2. The van der Waals surface area contributed by atoms with Crippen LogP contribution in [0.25, 0.3) is 0 Å². The van der Waals surface area contributed by atoms with E-state index in [0.29, 0.717) is 62.4 Å². The molecule has 0 saturated carbocycles. The standard InChI is InChI=1S/C26H27N5O4S/c1-17(31(16-33)15-20-14-29-18(2)30-25(20)28)24(10-11-32)36-26(34)22-8-3-4-9-23(22)35-21-7-5-6-19(12-21)13-27/h3-9,12,14,16,32,34,36H,10-11,15H2,1-2H3,(H2,28,29,30)/b24-17-. The molecule has 3 aromatic rings. The molecule has 0 unspecified atom stereocenters. The summed E-state index contributed by atoms with van der Waals surface area (Å²) in [6.45, 7) is 3.43. The number of allylic oxidation sites excluding steroid dienone is 1. The van der Waals surface area contributed by atoms with Gasteiger partial charge in [0.25, 0.3) is 0 Å². The molecular formula is C26H27N5O4S. The monoisotopic (exact) mass is 505 g/mol. The van der Waals surface area contributed by atoms with E-state index in [1.165, 1.54) is 4.90 Å². The van der Waals surface area contributed by atoms with Crippen molar-refractivity contribution in [2.24, 2.45) is 0 Å². The molecule has 36 heavy (non-hydrogen) atoms. The van der Waals surface area contributed by atoms with Gasteiger partial charge in [0.2, 0.25) is 6.41 Å². The van der Waals surface area contributed by atoms with E-state index < -0.39 is 0 Å². The zero-order chi connectivity index (χ0) is 26.1. The number of hydrogen-bond donors (Lipinski definition) is 4. The Labute approximate surface area is 213 Å². The van der Waals surface area contributed by atoms with Gasteiger partial charge in [0, 0.05) is 35.4 Å². The third-order valence-corrected chi connectivity index (χ3v) is 6.51. The van der Waals surface area contributed by atoms with Gasteiger partial charge in [-0.1, -0.05) is 18.2 Å². The number of para-hydroxylation sites is 1. The predicted molar refractivity (Wildman–Crippen MR) is 141 cm³/mol. The van der Waals surface area contributed by atoms with E-state index in [0.717, 1.165) is 0 Å². The van der Waals surface area contributed by atoms with Gasteiger partial charge in [0.15, 0.2) is 0 Å². The Kier molecular flexibility index (Phi) is 9.30. The largest absolute Gasteiger partial charge is 0.457 e. The van der Waals surface area contributed by atoms with Gasteiger partial charge < -0.3 is 25.6 Å². The molecule has 186 valence electrons. The molecule has 0 radical (unpaired) electrons. The molecule has 0 aliphatic heterocycles. The normalized spacial score (nSPS) is 12.1. The highest BCUT2D eigenvalue weighted by molar-refractivity contribution is 8.02. The number of nitrogens with two attached hydrogens (primary N) is 1. The van der Waals surface area contributed by atoms with E-state index in [4.69, 9.17) is 15.7 Å². The summed E-state index contributed by atoms with van der Waals surface area (Å²) < 4.78 is 5.95. The number of nitriles is 1. The summed E-state index contributed by atoms with van der Waals surface area (Å²) in [6, 6.07) is 15.7. The number of hydrogen-bond acceptors (Lipinski definition) is 7. The van der Waals surface area contributed by atoms with Gasteiger partial charge in [-0.25, -0.2) is 9.97 Å². The Morgan fingerprint density at radius 2 is 2.06 bits per heavy atom. The van der Waals surface area contributed by atoms with Gasteiger partial charge in [-0.15, -0.1) is 11.4 Å². The molecule has 2 aromatic carbocycles. The second kappa shape index (κ2) is 12.6. The lowest BCUT2D eigenvalue weighted by atomic mass is 10.2. The van der Waals surface area contributed by atoms with Gasteiger partial charge in [-0.2, -0.15) is 5.26 Å². The summed E-state index contributed by atoms with van der Waals surface area (Å²) in [6.07, 6.45) is 2.47. The predicted octanol–water partition coefficient (Wildman–Crippen LogP) is 3.81. The van der Waals surface area contributed by atoms with Gasteiger partial charge in [-0.3, -0.25) is 4.79 Å². The molecule has 0 spiro atoms. The second-order valence-electron chi connectivity index (χ2n) is 7.74. The zero-order valence-corrected chi connectivity index (χ0v) is 20.8. The lowest BCUT2D eigenvalue weighted by molar-refractivity contribution is -0.116. The number of amides is 1. The number of carbonyl (C=O) groups excluding carboxylic acids is 1. The van der Waals surface area contributed by atoms with Crippen LogP contribution in [0.2, 0.25) is 0 Å². The quantitative estimate of drug-likeness (QED) is 0.185. The van der Waals surface area contributed by atoms with Gasteiger partial charge in [-0.05, 0) is 44.2 Å².